The van der Waals surface area contributed by atoms with E-state index >= 15 is 0 Å². The molecule has 1 aromatic carbocycles. The van der Waals surface area contributed by atoms with Gasteiger partial charge >= 0.3 is 12.4 Å². The Balaban J connectivity index is 1.55. The number of amides is 1. The minimum atomic E-state index is -5.04. The molecule has 0 radical (unpaired) electrons. The minimum Gasteiger partial charge on any atom is -0.356 e. The zero-order valence-corrected chi connectivity index (χ0v) is 21.5. The molecule has 3 heterocycles. The van der Waals surface area contributed by atoms with Crippen LogP contribution in [0.15, 0.2) is 29.6 Å². The highest BCUT2D eigenvalue weighted by molar-refractivity contribution is 7.99. The number of rotatable bonds is 7. The Morgan fingerprint density at radius 3 is 2.21 bits per heavy atom. The summed E-state index contributed by atoms with van der Waals surface area (Å²) in [5.74, 6) is -0.283. The molecule has 4 rings (SSSR count). The summed E-state index contributed by atoms with van der Waals surface area (Å²) in [5.41, 5.74) is -3.29. The van der Waals surface area contributed by atoms with Crippen molar-refractivity contribution in [3.8, 4) is 0 Å². The number of thioether (sulfide) groups is 1. The van der Waals surface area contributed by atoms with E-state index in [1.54, 1.807) is 10.9 Å². The van der Waals surface area contributed by atoms with Crippen molar-refractivity contribution in [1.82, 2.24) is 25.1 Å². The topological polar surface area (TPSA) is 75.9 Å². The molecule has 38 heavy (non-hydrogen) atoms. The van der Waals surface area contributed by atoms with Gasteiger partial charge in [-0.2, -0.15) is 31.4 Å². The number of carbonyl (C=O) groups excluding carboxylic acids is 1. The molecule has 206 valence electrons. The lowest BCUT2D eigenvalue weighted by Gasteiger charge is -2.28. The Kier molecular flexibility index (Phi) is 8.09. The monoisotopic (exact) mass is 560 g/mol. The molecule has 1 saturated heterocycles. The molecule has 0 spiro atoms. The van der Waals surface area contributed by atoms with Crippen LogP contribution in [0.25, 0.3) is 11.0 Å². The van der Waals surface area contributed by atoms with E-state index in [4.69, 9.17) is 4.98 Å². The van der Waals surface area contributed by atoms with Crippen LogP contribution in [0.3, 0.4) is 0 Å². The largest absolute Gasteiger partial charge is 0.416 e. The summed E-state index contributed by atoms with van der Waals surface area (Å²) in [6, 6.07) is 0.794. The van der Waals surface area contributed by atoms with Crippen LogP contribution in [0.1, 0.15) is 54.6 Å². The number of anilines is 1. The average molecular weight is 561 g/mol. The lowest BCUT2D eigenvalue weighted by atomic mass is 10.0. The SMILES string of the molecule is CC(C)Sc1nc(N2CCCCC2)c2cnn(CCNC(=O)c3cc(C(F)(F)F)cc(C(F)(F)F)c3)c2n1. The number of hydrogen-bond acceptors (Lipinski definition) is 6. The van der Waals surface area contributed by atoms with Crippen LogP contribution in [0.5, 0.6) is 0 Å². The Hall–Kier alpha value is -3.03. The van der Waals surface area contributed by atoms with E-state index in [-0.39, 0.29) is 24.4 Å². The van der Waals surface area contributed by atoms with Gasteiger partial charge in [0.1, 0.15) is 5.82 Å². The number of carbonyl (C=O) groups is 1. The van der Waals surface area contributed by atoms with Crippen molar-refractivity contribution >= 4 is 34.5 Å². The van der Waals surface area contributed by atoms with Crippen molar-refractivity contribution in [2.24, 2.45) is 0 Å². The first-order valence-corrected chi connectivity index (χ1v) is 12.9. The highest BCUT2D eigenvalue weighted by Gasteiger charge is 2.37. The van der Waals surface area contributed by atoms with Crippen molar-refractivity contribution in [2.45, 2.75) is 62.4 Å². The molecule has 0 unspecified atom stereocenters. The predicted octanol–water partition coefficient (Wildman–Crippen LogP) is 5.78. The van der Waals surface area contributed by atoms with Crippen LogP contribution in [-0.4, -0.2) is 50.5 Å². The van der Waals surface area contributed by atoms with Gasteiger partial charge in [-0.05, 0) is 37.5 Å². The van der Waals surface area contributed by atoms with E-state index < -0.39 is 35.0 Å². The van der Waals surface area contributed by atoms with Crippen molar-refractivity contribution in [1.29, 1.82) is 0 Å². The second kappa shape index (κ2) is 11.0. The van der Waals surface area contributed by atoms with Gasteiger partial charge in [-0.15, -0.1) is 0 Å². The summed E-state index contributed by atoms with van der Waals surface area (Å²) in [6.07, 6.45) is -5.21. The van der Waals surface area contributed by atoms with Crippen LogP contribution in [0.4, 0.5) is 32.2 Å². The second-order valence-corrected chi connectivity index (χ2v) is 10.7. The third-order valence-corrected chi connectivity index (χ3v) is 6.78. The van der Waals surface area contributed by atoms with E-state index in [2.05, 4.69) is 20.3 Å². The zero-order valence-electron chi connectivity index (χ0n) is 20.7. The van der Waals surface area contributed by atoms with Gasteiger partial charge in [0.2, 0.25) is 0 Å². The van der Waals surface area contributed by atoms with Gasteiger partial charge in [0.05, 0.1) is 29.3 Å². The number of nitrogens with one attached hydrogen (secondary N) is 1. The molecule has 1 amide bonds. The average Bonchev–Trinajstić information content (AvgIpc) is 3.25. The fourth-order valence-electron chi connectivity index (χ4n) is 4.16. The van der Waals surface area contributed by atoms with Crippen LogP contribution >= 0.6 is 11.8 Å². The Morgan fingerprint density at radius 2 is 1.63 bits per heavy atom. The van der Waals surface area contributed by atoms with Gasteiger partial charge in [0.25, 0.3) is 5.91 Å². The van der Waals surface area contributed by atoms with Crippen molar-refractivity contribution in [3.05, 3.63) is 41.1 Å². The van der Waals surface area contributed by atoms with Gasteiger partial charge in [0.15, 0.2) is 10.8 Å². The summed E-state index contributed by atoms with van der Waals surface area (Å²) in [4.78, 5) is 24.1. The predicted molar refractivity (Wildman–Crippen MR) is 131 cm³/mol. The van der Waals surface area contributed by atoms with Crippen LogP contribution in [-0.2, 0) is 18.9 Å². The van der Waals surface area contributed by atoms with Gasteiger partial charge in [-0.3, -0.25) is 4.79 Å². The Labute approximate surface area is 219 Å². The number of piperidine rings is 1. The minimum absolute atomic E-state index is 0.0148. The molecule has 0 atom stereocenters. The molecule has 1 fully saturated rings. The molecule has 2 aromatic heterocycles. The zero-order chi connectivity index (χ0) is 27.7. The number of alkyl halides is 6. The standard InChI is InChI=1S/C24H26F6N6OS/c1-14(2)38-22-33-19(35-7-4-3-5-8-35)18-13-32-36(20(18)34-22)9-6-31-21(37)15-10-16(23(25,26)27)12-17(11-15)24(28,29)30/h10-14H,3-9H2,1-2H3,(H,31,37). The lowest BCUT2D eigenvalue weighted by Crippen LogP contribution is -2.30. The molecule has 14 heteroatoms. The third-order valence-electron chi connectivity index (χ3n) is 5.91. The smallest absolute Gasteiger partial charge is 0.356 e. The highest BCUT2D eigenvalue weighted by Crippen LogP contribution is 2.36. The molecular formula is C24H26F6N6OS. The summed E-state index contributed by atoms with van der Waals surface area (Å²) in [6.45, 7) is 5.75. The number of nitrogens with zero attached hydrogens (tertiary/aromatic N) is 5. The van der Waals surface area contributed by atoms with E-state index in [1.165, 1.54) is 11.8 Å². The number of fused-ring (bicyclic) bond motifs is 1. The normalized spacial score (nSPS) is 14.9. The van der Waals surface area contributed by atoms with E-state index in [1.807, 2.05) is 13.8 Å². The first-order chi connectivity index (χ1) is 17.8. The Bertz CT molecular complexity index is 1270. The lowest BCUT2D eigenvalue weighted by molar-refractivity contribution is -0.143. The highest BCUT2D eigenvalue weighted by atomic mass is 32.2. The summed E-state index contributed by atoms with van der Waals surface area (Å²) in [7, 11) is 0. The molecule has 0 aliphatic carbocycles. The molecule has 1 aliphatic heterocycles. The fraction of sp³-hybridized carbons (Fsp3) is 0.500. The van der Waals surface area contributed by atoms with Crippen LogP contribution < -0.4 is 10.2 Å². The van der Waals surface area contributed by atoms with Crippen LogP contribution in [0, 0.1) is 0 Å². The maximum Gasteiger partial charge on any atom is 0.416 e. The van der Waals surface area contributed by atoms with E-state index in [0.717, 1.165) is 43.6 Å². The van der Waals surface area contributed by atoms with Crippen molar-refractivity contribution in [2.75, 3.05) is 24.5 Å². The summed E-state index contributed by atoms with van der Waals surface area (Å²) >= 11 is 1.49. The van der Waals surface area contributed by atoms with Crippen molar-refractivity contribution in [3.63, 3.8) is 0 Å². The quantitative estimate of drug-likeness (QED) is 0.224. The first-order valence-electron chi connectivity index (χ1n) is 12.1. The maximum atomic E-state index is 13.1. The molecule has 1 aliphatic rings. The van der Waals surface area contributed by atoms with Gasteiger partial charge < -0.3 is 10.2 Å². The van der Waals surface area contributed by atoms with Gasteiger partial charge in [-0.1, -0.05) is 25.6 Å². The van der Waals surface area contributed by atoms with Gasteiger partial charge in [0, 0.05) is 30.4 Å². The van der Waals surface area contributed by atoms with Crippen LogP contribution in [0.2, 0.25) is 0 Å². The fourth-order valence-corrected chi connectivity index (χ4v) is 4.86. The van der Waals surface area contributed by atoms with E-state index in [0.29, 0.717) is 22.9 Å². The molecule has 0 saturated carbocycles. The van der Waals surface area contributed by atoms with Crippen molar-refractivity contribution < 1.29 is 31.1 Å². The number of halogens is 6. The molecule has 3 aromatic rings. The molecular weight excluding hydrogens is 534 g/mol. The maximum absolute atomic E-state index is 13.1. The first kappa shape index (κ1) is 28.0. The third kappa shape index (κ3) is 6.51. The van der Waals surface area contributed by atoms with E-state index in [9.17, 15) is 31.1 Å². The molecule has 7 nitrogen and oxygen atoms in total. The molecule has 0 bridgehead atoms. The summed E-state index contributed by atoms with van der Waals surface area (Å²) < 4.78 is 80.4. The second-order valence-electron chi connectivity index (χ2n) is 9.20. The van der Waals surface area contributed by atoms with Gasteiger partial charge in [-0.25, -0.2) is 14.6 Å². The summed E-state index contributed by atoms with van der Waals surface area (Å²) in [5, 5.41) is 8.29. The number of aromatic nitrogens is 4. The molecule has 1 N–H and O–H groups in total. The number of hydrogen-bond donors (Lipinski definition) is 1. The Morgan fingerprint density at radius 1 is 1.00 bits per heavy atom. The number of benzene rings is 1.